The standard InChI is InChI=1S/C20H27N5O4/c26-13-17-19(28)22-20-21-16-7-6-15(11-14(16)12-25(17)20)29-10-4-5-18(27)23-24-8-2-1-3-9-24/h6-7,11,17,26H,1-5,8-10,12-13H2,(H,23,27)(H,21,22,28). The highest BCUT2D eigenvalue weighted by Crippen LogP contribution is 2.31. The first-order valence-corrected chi connectivity index (χ1v) is 10.2. The van der Waals surface area contributed by atoms with Crippen molar-refractivity contribution in [3.05, 3.63) is 23.8 Å². The van der Waals surface area contributed by atoms with E-state index in [0.717, 1.165) is 37.2 Å². The number of nitrogens with zero attached hydrogens (tertiary/aromatic N) is 3. The summed E-state index contributed by atoms with van der Waals surface area (Å²) in [6.45, 7) is 2.53. The highest BCUT2D eigenvalue weighted by atomic mass is 16.5. The van der Waals surface area contributed by atoms with Gasteiger partial charge in [0, 0.05) is 31.6 Å². The minimum Gasteiger partial charge on any atom is -0.494 e. The number of hydrogen-bond acceptors (Lipinski definition) is 7. The van der Waals surface area contributed by atoms with Crippen molar-refractivity contribution >= 4 is 23.5 Å². The Labute approximate surface area is 169 Å². The topological polar surface area (TPSA) is 106 Å². The average molecular weight is 401 g/mol. The molecule has 3 heterocycles. The number of nitrogens with one attached hydrogen (secondary N) is 2. The maximum Gasteiger partial charge on any atom is 0.251 e. The first-order valence-electron chi connectivity index (χ1n) is 10.2. The first-order chi connectivity index (χ1) is 14.1. The van der Waals surface area contributed by atoms with Gasteiger partial charge >= 0.3 is 0 Å². The fourth-order valence-electron chi connectivity index (χ4n) is 3.86. The molecule has 3 N–H and O–H groups in total. The molecule has 1 unspecified atom stereocenters. The van der Waals surface area contributed by atoms with Crippen LogP contribution in [0.1, 0.15) is 37.7 Å². The lowest BCUT2D eigenvalue weighted by Crippen LogP contribution is -2.45. The molecule has 9 nitrogen and oxygen atoms in total. The van der Waals surface area contributed by atoms with Gasteiger partial charge in [0.2, 0.25) is 11.9 Å². The lowest BCUT2D eigenvalue weighted by molar-refractivity contribution is -0.126. The largest absolute Gasteiger partial charge is 0.494 e. The second kappa shape index (κ2) is 8.79. The van der Waals surface area contributed by atoms with Crippen molar-refractivity contribution in [2.75, 3.05) is 26.3 Å². The van der Waals surface area contributed by atoms with Crippen LogP contribution in [0.25, 0.3) is 0 Å². The molecule has 9 heteroatoms. The first kappa shape index (κ1) is 19.7. The third kappa shape index (κ3) is 4.51. The Morgan fingerprint density at radius 3 is 2.93 bits per heavy atom. The van der Waals surface area contributed by atoms with Crippen molar-refractivity contribution in [3.8, 4) is 5.75 Å². The summed E-state index contributed by atoms with van der Waals surface area (Å²) in [7, 11) is 0. The molecule has 3 aliphatic rings. The van der Waals surface area contributed by atoms with Gasteiger partial charge < -0.3 is 14.7 Å². The van der Waals surface area contributed by atoms with Crippen LogP contribution in [-0.4, -0.2) is 65.1 Å². The molecule has 1 aromatic carbocycles. The van der Waals surface area contributed by atoms with E-state index in [4.69, 9.17) is 4.74 Å². The Kier molecular flexibility index (Phi) is 5.96. The second-order valence-corrected chi connectivity index (χ2v) is 7.58. The van der Waals surface area contributed by atoms with Crippen LogP contribution in [0.4, 0.5) is 5.69 Å². The number of ether oxygens (including phenoxy) is 1. The molecule has 0 bridgehead atoms. The molecule has 2 saturated heterocycles. The number of piperidine rings is 1. The molecule has 1 atom stereocenters. The van der Waals surface area contributed by atoms with E-state index >= 15 is 0 Å². The van der Waals surface area contributed by atoms with Gasteiger partial charge in [0.15, 0.2) is 0 Å². The van der Waals surface area contributed by atoms with Crippen molar-refractivity contribution in [1.29, 1.82) is 0 Å². The van der Waals surface area contributed by atoms with Crippen LogP contribution < -0.4 is 15.5 Å². The molecule has 2 fully saturated rings. The molecule has 4 rings (SSSR count). The fraction of sp³-hybridized carbons (Fsp3) is 0.550. The number of aliphatic imine (C=N–C) groups is 1. The number of benzene rings is 1. The summed E-state index contributed by atoms with van der Waals surface area (Å²) in [5.41, 5.74) is 4.67. The number of carbonyl (C=O) groups excluding carboxylic acids is 2. The third-order valence-corrected chi connectivity index (χ3v) is 5.43. The monoisotopic (exact) mass is 401 g/mol. The number of aliphatic hydroxyl groups excluding tert-OH is 1. The maximum atomic E-state index is 12.0. The van der Waals surface area contributed by atoms with Gasteiger partial charge in [0.05, 0.1) is 18.9 Å². The summed E-state index contributed by atoms with van der Waals surface area (Å²) < 4.78 is 5.81. The van der Waals surface area contributed by atoms with Gasteiger partial charge in [-0.15, -0.1) is 0 Å². The van der Waals surface area contributed by atoms with E-state index in [1.165, 1.54) is 6.42 Å². The van der Waals surface area contributed by atoms with E-state index in [2.05, 4.69) is 15.7 Å². The van der Waals surface area contributed by atoms with Crippen molar-refractivity contribution in [1.82, 2.24) is 20.7 Å². The van der Waals surface area contributed by atoms with Gasteiger partial charge in [-0.1, -0.05) is 6.42 Å². The molecular formula is C20H27N5O4. The normalized spacial score (nSPS) is 21.1. The molecular weight excluding hydrogens is 374 g/mol. The zero-order valence-corrected chi connectivity index (χ0v) is 16.4. The van der Waals surface area contributed by atoms with Gasteiger partial charge in [0.1, 0.15) is 11.8 Å². The number of amides is 2. The number of hydrazine groups is 1. The van der Waals surface area contributed by atoms with Gasteiger partial charge in [-0.2, -0.15) is 0 Å². The number of fused-ring (bicyclic) bond motifs is 2. The molecule has 156 valence electrons. The number of aliphatic hydroxyl groups is 1. The second-order valence-electron chi connectivity index (χ2n) is 7.58. The number of carbonyl (C=O) groups is 2. The molecule has 0 aromatic heterocycles. The Morgan fingerprint density at radius 1 is 1.31 bits per heavy atom. The molecule has 2 amide bonds. The zero-order valence-electron chi connectivity index (χ0n) is 16.4. The molecule has 1 aromatic rings. The molecule has 0 spiro atoms. The van der Waals surface area contributed by atoms with Crippen LogP contribution in [0.2, 0.25) is 0 Å². The van der Waals surface area contributed by atoms with Crippen LogP contribution in [0.5, 0.6) is 5.75 Å². The van der Waals surface area contributed by atoms with Crippen LogP contribution in [0, 0.1) is 0 Å². The molecule has 0 radical (unpaired) electrons. The summed E-state index contributed by atoms with van der Waals surface area (Å²) in [6, 6.07) is 4.99. The molecule has 0 saturated carbocycles. The van der Waals surface area contributed by atoms with E-state index in [0.29, 0.717) is 37.7 Å². The van der Waals surface area contributed by atoms with Crippen molar-refractivity contribution < 1.29 is 19.4 Å². The fourth-order valence-corrected chi connectivity index (χ4v) is 3.86. The van der Waals surface area contributed by atoms with Gasteiger partial charge in [-0.05, 0) is 37.5 Å². The van der Waals surface area contributed by atoms with Crippen LogP contribution in [-0.2, 0) is 16.1 Å². The van der Waals surface area contributed by atoms with E-state index in [-0.39, 0.29) is 18.4 Å². The lowest BCUT2D eigenvalue weighted by atomic mass is 10.1. The average Bonchev–Trinajstić information content (AvgIpc) is 3.04. The number of guanidine groups is 1. The summed E-state index contributed by atoms with van der Waals surface area (Å²) in [5.74, 6) is 0.982. The van der Waals surface area contributed by atoms with E-state index in [1.54, 1.807) is 4.90 Å². The Hall–Kier alpha value is -2.65. The van der Waals surface area contributed by atoms with Crippen LogP contribution >= 0.6 is 0 Å². The third-order valence-electron chi connectivity index (χ3n) is 5.43. The van der Waals surface area contributed by atoms with Crippen molar-refractivity contribution in [2.45, 2.75) is 44.7 Å². The molecule has 3 aliphatic heterocycles. The maximum absolute atomic E-state index is 12.0. The van der Waals surface area contributed by atoms with Crippen LogP contribution in [0.3, 0.4) is 0 Å². The minimum absolute atomic E-state index is 0.0315. The predicted molar refractivity (Wildman–Crippen MR) is 106 cm³/mol. The molecule has 0 aliphatic carbocycles. The predicted octanol–water partition coefficient (Wildman–Crippen LogP) is 0.657. The SMILES string of the molecule is O=C(CCCOc1ccc2c(c1)CN1C(=N2)NC(=O)C1CO)NN1CCCCC1. The highest BCUT2D eigenvalue weighted by Gasteiger charge is 2.38. The highest BCUT2D eigenvalue weighted by molar-refractivity contribution is 6.07. The summed E-state index contributed by atoms with van der Waals surface area (Å²) in [5, 5.41) is 14.2. The zero-order chi connectivity index (χ0) is 20.2. The Bertz CT molecular complexity index is 806. The Morgan fingerprint density at radius 2 is 2.14 bits per heavy atom. The number of hydrogen-bond donors (Lipinski definition) is 3. The molecule has 29 heavy (non-hydrogen) atoms. The Balaban J connectivity index is 1.26. The van der Waals surface area contributed by atoms with Crippen molar-refractivity contribution in [3.63, 3.8) is 0 Å². The van der Waals surface area contributed by atoms with Crippen LogP contribution in [0.15, 0.2) is 23.2 Å². The summed E-state index contributed by atoms with van der Waals surface area (Å²) >= 11 is 0. The van der Waals surface area contributed by atoms with E-state index in [1.807, 2.05) is 23.2 Å². The van der Waals surface area contributed by atoms with E-state index in [9.17, 15) is 14.7 Å². The van der Waals surface area contributed by atoms with E-state index < -0.39 is 6.04 Å². The minimum atomic E-state index is -0.607. The summed E-state index contributed by atoms with van der Waals surface area (Å²) in [6.07, 6.45) is 4.56. The smallest absolute Gasteiger partial charge is 0.251 e. The van der Waals surface area contributed by atoms with Gasteiger partial charge in [0.25, 0.3) is 5.91 Å². The van der Waals surface area contributed by atoms with Gasteiger partial charge in [-0.25, -0.2) is 10.0 Å². The van der Waals surface area contributed by atoms with Gasteiger partial charge in [-0.3, -0.25) is 20.3 Å². The quantitative estimate of drug-likeness (QED) is 0.580. The number of rotatable bonds is 7. The lowest BCUT2D eigenvalue weighted by Gasteiger charge is -2.27. The summed E-state index contributed by atoms with van der Waals surface area (Å²) in [4.78, 5) is 30.1. The van der Waals surface area contributed by atoms with Crippen molar-refractivity contribution in [2.24, 2.45) is 4.99 Å².